The number of ether oxygens (including phenoxy) is 1. The molecule has 0 aliphatic carbocycles. The number of hydrogen-bond acceptors (Lipinski definition) is 4. The van der Waals surface area contributed by atoms with E-state index in [9.17, 15) is 4.79 Å². The van der Waals surface area contributed by atoms with Crippen LogP contribution in [0.4, 0.5) is 0 Å². The number of hydrogen-bond donors (Lipinski definition) is 0. The van der Waals surface area contributed by atoms with Crippen molar-refractivity contribution in [3.05, 3.63) is 35.4 Å². The van der Waals surface area contributed by atoms with Gasteiger partial charge in [-0.3, -0.25) is 14.6 Å². The van der Waals surface area contributed by atoms with Crippen LogP contribution in [0.2, 0.25) is 0 Å². The second kappa shape index (κ2) is 7.41. The molecule has 0 N–H and O–H groups in total. The molecule has 1 aliphatic rings. The summed E-state index contributed by atoms with van der Waals surface area (Å²) in [6.45, 7) is 9.78. The van der Waals surface area contributed by atoms with E-state index in [2.05, 4.69) is 41.0 Å². The fourth-order valence-electron chi connectivity index (χ4n) is 2.52. The molecule has 0 saturated carbocycles. The maximum atomic E-state index is 11.5. The van der Waals surface area contributed by atoms with Crippen molar-refractivity contribution in [2.24, 2.45) is 0 Å². The highest BCUT2D eigenvalue weighted by Crippen LogP contribution is 2.12. The average molecular weight is 276 g/mol. The minimum Gasteiger partial charge on any atom is -0.465 e. The predicted octanol–water partition coefficient (Wildman–Crippen LogP) is 1.68. The van der Waals surface area contributed by atoms with Gasteiger partial charge in [-0.2, -0.15) is 0 Å². The molecule has 1 fully saturated rings. The van der Waals surface area contributed by atoms with Crippen molar-refractivity contribution in [2.45, 2.75) is 20.4 Å². The molecule has 20 heavy (non-hydrogen) atoms. The summed E-state index contributed by atoms with van der Waals surface area (Å²) < 4.78 is 4.99. The number of nitrogens with zero attached hydrogens (tertiary/aromatic N) is 2. The van der Waals surface area contributed by atoms with E-state index in [0.29, 0.717) is 13.2 Å². The maximum Gasteiger partial charge on any atom is 0.320 e. The zero-order valence-electron chi connectivity index (χ0n) is 12.5. The zero-order chi connectivity index (χ0) is 14.4. The van der Waals surface area contributed by atoms with E-state index in [4.69, 9.17) is 4.74 Å². The van der Waals surface area contributed by atoms with Crippen LogP contribution in [0.25, 0.3) is 0 Å². The second-order valence-electron chi connectivity index (χ2n) is 5.28. The van der Waals surface area contributed by atoms with Gasteiger partial charge in [0, 0.05) is 32.7 Å². The standard InChI is InChI=1S/C16H24N2O2/c1-3-20-16(19)13-18-10-8-17(9-11-18)12-15-7-5-4-6-14(15)2/h4-7H,3,8-13H2,1-2H3. The fourth-order valence-corrected chi connectivity index (χ4v) is 2.52. The molecule has 110 valence electrons. The molecule has 4 nitrogen and oxygen atoms in total. The lowest BCUT2D eigenvalue weighted by Crippen LogP contribution is -2.47. The van der Waals surface area contributed by atoms with Crippen LogP contribution in [0.1, 0.15) is 18.1 Å². The Kier molecular flexibility index (Phi) is 5.56. The SMILES string of the molecule is CCOC(=O)CN1CCN(Cc2ccccc2C)CC1. The smallest absolute Gasteiger partial charge is 0.320 e. The normalized spacial score (nSPS) is 17.1. The molecular formula is C16H24N2O2. The molecule has 1 heterocycles. The molecule has 0 amide bonds. The number of piperazine rings is 1. The van der Waals surface area contributed by atoms with Crippen LogP contribution in [0, 0.1) is 6.92 Å². The molecular weight excluding hydrogens is 252 g/mol. The summed E-state index contributed by atoms with van der Waals surface area (Å²) in [5.74, 6) is -0.111. The molecule has 0 aromatic heterocycles. The quantitative estimate of drug-likeness (QED) is 0.766. The molecule has 1 saturated heterocycles. The summed E-state index contributed by atoms with van der Waals surface area (Å²) in [6.07, 6.45) is 0. The number of carbonyl (C=O) groups is 1. The highest BCUT2D eigenvalue weighted by atomic mass is 16.5. The molecule has 1 aromatic rings. The number of esters is 1. The van der Waals surface area contributed by atoms with Gasteiger partial charge >= 0.3 is 5.97 Å². The van der Waals surface area contributed by atoms with Crippen molar-refractivity contribution in [2.75, 3.05) is 39.3 Å². The van der Waals surface area contributed by atoms with Crippen molar-refractivity contribution in [3.63, 3.8) is 0 Å². The van der Waals surface area contributed by atoms with Gasteiger partial charge < -0.3 is 4.74 Å². The molecule has 0 spiro atoms. The first-order valence-electron chi connectivity index (χ1n) is 7.34. The summed E-state index contributed by atoms with van der Waals surface area (Å²) in [7, 11) is 0. The third-order valence-electron chi connectivity index (χ3n) is 3.78. The van der Waals surface area contributed by atoms with E-state index in [0.717, 1.165) is 32.7 Å². The average Bonchev–Trinajstić information content (AvgIpc) is 2.44. The zero-order valence-corrected chi connectivity index (χ0v) is 12.5. The maximum absolute atomic E-state index is 11.5. The number of rotatable bonds is 5. The first kappa shape index (κ1) is 15.0. The van der Waals surface area contributed by atoms with E-state index in [1.807, 2.05) is 6.92 Å². The Morgan fingerprint density at radius 3 is 2.45 bits per heavy atom. The van der Waals surface area contributed by atoms with Crippen LogP contribution >= 0.6 is 0 Å². The summed E-state index contributed by atoms with van der Waals surface area (Å²) in [4.78, 5) is 16.1. The third kappa shape index (κ3) is 4.32. The van der Waals surface area contributed by atoms with E-state index >= 15 is 0 Å². The molecule has 0 unspecified atom stereocenters. The highest BCUT2D eigenvalue weighted by Gasteiger charge is 2.19. The Morgan fingerprint density at radius 2 is 1.80 bits per heavy atom. The van der Waals surface area contributed by atoms with Crippen LogP contribution in [-0.2, 0) is 16.1 Å². The van der Waals surface area contributed by atoms with Gasteiger partial charge in [0.1, 0.15) is 0 Å². The first-order chi connectivity index (χ1) is 9.69. The summed E-state index contributed by atoms with van der Waals surface area (Å²) in [5, 5.41) is 0. The Hall–Kier alpha value is -1.39. The van der Waals surface area contributed by atoms with Crippen LogP contribution in [0.15, 0.2) is 24.3 Å². The summed E-state index contributed by atoms with van der Waals surface area (Å²) >= 11 is 0. The minimum atomic E-state index is -0.111. The topological polar surface area (TPSA) is 32.8 Å². The molecule has 0 atom stereocenters. The van der Waals surface area contributed by atoms with Gasteiger partial charge in [0.25, 0.3) is 0 Å². The van der Waals surface area contributed by atoms with E-state index in [-0.39, 0.29) is 5.97 Å². The van der Waals surface area contributed by atoms with Gasteiger partial charge in [0.2, 0.25) is 0 Å². The van der Waals surface area contributed by atoms with Gasteiger partial charge in [-0.25, -0.2) is 0 Å². The minimum absolute atomic E-state index is 0.111. The Morgan fingerprint density at radius 1 is 1.15 bits per heavy atom. The Labute approximate surface area is 121 Å². The van der Waals surface area contributed by atoms with Crippen molar-refractivity contribution in [3.8, 4) is 0 Å². The number of benzene rings is 1. The monoisotopic (exact) mass is 276 g/mol. The molecule has 0 bridgehead atoms. The van der Waals surface area contributed by atoms with Crippen LogP contribution in [0.5, 0.6) is 0 Å². The third-order valence-corrected chi connectivity index (χ3v) is 3.78. The van der Waals surface area contributed by atoms with Crippen LogP contribution in [0.3, 0.4) is 0 Å². The molecule has 2 rings (SSSR count). The molecule has 1 aliphatic heterocycles. The lowest BCUT2D eigenvalue weighted by molar-refractivity contribution is -0.144. The lowest BCUT2D eigenvalue weighted by Gasteiger charge is -2.34. The first-order valence-corrected chi connectivity index (χ1v) is 7.34. The fraction of sp³-hybridized carbons (Fsp3) is 0.562. The van der Waals surface area contributed by atoms with Gasteiger partial charge in [-0.15, -0.1) is 0 Å². The highest BCUT2D eigenvalue weighted by molar-refractivity contribution is 5.71. The van der Waals surface area contributed by atoms with E-state index in [1.54, 1.807) is 0 Å². The summed E-state index contributed by atoms with van der Waals surface area (Å²) in [6, 6.07) is 8.53. The molecule has 0 radical (unpaired) electrons. The van der Waals surface area contributed by atoms with Crippen LogP contribution < -0.4 is 0 Å². The Balaban J connectivity index is 1.77. The Bertz CT molecular complexity index is 440. The second-order valence-corrected chi connectivity index (χ2v) is 5.28. The van der Waals surface area contributed by atoms with Crippen LogP contribution in [-0.4, -0.2) is 55.1 Å². The number of carbonyl (C=O) groups excluding carboxylic acids is 1. The van der Waals surface area contributed by atoms with Gasteiger partial charge in [-0.1, -0.05) is 24.3 Å². The molecule has 4 heteroatoms. The lowest BCUT2D eigenvalue weighted by atomic mass is 10.1. The van der Waals surface area contributed by atoms with Crippen molar-refractivity contribution in [1.82, 2.24) is 9.80 Å². The van der Waals surface area contributed by atoms with Gasteiger partial charge in [0.15, 0.2) is 0 Å². The predicted molar refractivity (Wildman–Crippen MR) is 79.5 cm³/mol. The van der Waals surface area contributed by atoms with Crippen molar-refractivity contribution in [1.29, 1.82) is 0 Å². The number of aryl methyl sites for hydroxylation is 1. The van der Waals surface area contributed by atoms with Gasteiger partial charge in [0.05, 0.1) is 13.2 Å². The van der Waals surface area contributed by atoms with E-state index < -0.39 is 0 Å². The van der Waals surface area contributed by atoms with Crippen molar-refractivity contribution < 1.29 is 9.53 Å². The summed E-state index contributed by atoms with van der Waals surface area (Å²) in [5.41, 5.74) is 2.74. The van der Waals surface area contributed by atoms with E-state index in [1.165, 1.54) is 11.1 Å². The van der Waals surface area contributed by atoms with Gasteiger partial charge in [-0.05, 0) is 25.0 Å². The van der Waals surface area contributed by atoms with Crippen molar-refractivity contribution >= 4 is 5.97 Å². The molecule has 1 aromatic carbocycles. The largest absolute Gasteiger partial charge is 0.465 e.